The van der Waals surface area contributed by atoms with Gasteiger partial charge in [0, 0.05) is 24.1 Å². The van der Waals surface area contributed by atoms with Gasteiger partial charge in [0.2, 0.25) is 0 Å². The van der Waals surface area contributed by atoms with Crippen molar-refractivity contribution in [2.75, 3.05) is 7.11 Å². The molecule has 0 amide bonds. The van der Waals surface area contributed by atoms with Crippen LogP contribution in [0.25, 0.3) is 0 Å². The number of carbonyl (C=O) groups is 1. The van der Waals surface area contributed by atoms with Crippen LogP contribution >= 0.6 is 11.6 Å². The molecule has 1 aliphatic carbocycles. The van der Waals surface area contributed by atoms with E-state index < -0.39 is 0 Å². The highest BCUT2D eigenvalue weighted by atomic mass is 35.5. The molecule has 13 heavy (non-hydrogen) atoms. The van der Waals surface area contributed by atoms with Crippen molar-refractivity contribution in [1.29, 1.82) is 0 Å². The van der Waals surface area contributed by atoms with Crippen molar-refractivity contribution in [3.63, 3.8) is 0 Å². The van der Waals surface area contributed by atoms with Crippen LogP contribution in [0, 0.1) is 0 Å². The SMILES string of the molecule is COC1Cc2ccc(Cl)cc2C1=O. The second kappa shape index (κ2) is 3.13. The number of benzene rings is 1. The van der Waals surface area contributed by atoms with Crippen LogP contribution in [-0.4, -0.2) is 19.0 Å². The van der Waals surface area contributed by atoms with Crippen molar-refractivity contribution in [3.8, 4) is 0 Å². The Morgan fingerprint density at radius 3 is 3.00 bits per heavy atom. The molecule has 1 aromatic rings. The molecule has 2 rings (SSSR count). The Labute approximate surface area is 81.5 Å². The van der Waals surface area contributed by atoms with E-state index in [1.165, 1.54) is 0 Å². The first-order valence-corrected chi connectivity index (χ1v) is 4.45. The molecule has 1 atom stereocenters. The number of methoxy groups -OCH3 is 1. The molecule has 2 nitrogen and oxygen atoms in total. The summed E-state index contributed by atoms with van der Waals surface area (Å²) in [5, 5.41) is 0.601. The van der Waals surface area contributed by atoms with Gasteiger partial charge in [-0.15, -0.1) is 0 Å². The van der Waals surface area contributed by atoms with Gasteiger partial charge in [0.15, 0.2) is 5.78 Å². The molecule has 0 saturated carbocycles. The van der Waals surface area contributed by atoms with Crippen LogP contribution in [0.4, 0.5) is 0 Å². The minimum absolute atomic E-state index is 0.0417. The average Bonchev–Trinajstić information content (AvgIpc) is 2.44. The number of carbonyl (C=O) groups excluding carboxylic acids is 1. The quantitative estimate of drug-likeness (QED) is 0.688. The summed E-state index contributed by atoms with van der Waals surface area (Å²) in [6.07, 6.45) is 0.357. The van der Waals surface area contributed by atoms with Gasteiger partial charge in [-0.2, -0.15) is 0 Å². The lowest BCUT2D eigenvalue weighted by atomic mass is 10.1. The van der Waals surface area contributed by atoms with Gasteiger partial charge in [-0.3, -0.25) is 4.79 Å². The normalized spacial score (nSPS) is 20.5. The first-order chi connectivity index (χ1) is 6.22. The standard InChI is InChI=1S/C10H9ClO2/c1-13-9-4-6-2-3-7(11)5-8(6)10(9)12/h2-3,5,9H,4H2,1H3. The molecule has 3 heteroatoms. The zero-order valence-electron chi connectivity index (χ0n) is 7.21. The largest absolute Gasteiger partial charge is 0.373 e. The summed E-state index contributed by atoms with van der Waals surface area (Å²) < 4.78 is 5.05. The van der Waals surface area contributed by atoms with Gasteiger partial charge < -0.3 is 4.74 Å². The van der Waals surface area contributed by atoms with Crippen molar-refractivity contribution >= 4 is 17.4 Å². The van der Waals surface area contributed by atoms with Crippen LogP contribution in [0.1, 0.15) is 15.9 Å². The average molecular weight is 197 g/mol. The highest BCUT2D eigenvalue weighted by Crippen LogP contribution is 2.26. The number of ether oxygens (including phenoxy) is 1. The van der Waals surface area contributed by atoms with E-state index in [1.807, 2.05) is 6.07 Å². The van der Waals surface area contributed by atoms with E-state index in [0.717, 1.165) is 5.56 Å². The number of rotatable bonds is 1. The molecule has 0 aliphatic heterocycles. The Kier molecular flexibility index (Phi) is 2.10. The summed E-state index contributed by atoms with van der Waals surface area (Å²) >= 11 is 5.79. The molecular formula is C10H9ClO2. The second-order valence-corrected chi connectivity index (χ2v) is 3.53. The third-order valence-electron chi connectivity index (χ3n) is 2.32. The molecular weight excluding hydrogens is 188 g/mol. The maximum atomic E-state index is 11.6. The summed E-state index contributed by atoms with van der Waals surface area (Å²) in [5.41, 5.74) is 1.74. The smallest absolute Gasteiger partial charge is 0.192 e. The Morgan fingerprint density at radius 1 is 1.54 bits per heavy atom. The lowest BCUT2D eigenvalue weighted by Crippen LogP contribution is -2.17. The van der Waals surface area contributed by atoms with E-state index in [9.17, 15) is 4.79 Å². The van der Waals surface area contributed by atoms with Crippen LogP contribution < -0.4 is 0 Å². The summed E-state index contributed by atoms with van der Waals surface area (Å²) in [6.45, 7) is 0. The fourth-order valence-electron chi connectivity index (χ4n) is 1.61. The Bertz CT molecular complexity index is 360. The van der Waals surface area contributed by atoms with E-state index in [4.69, 9.17) is 16.3 Å². The molecule has 1 unspecified atom stereocenters. The Balaban J connectivity index is 2.45. The first kappa shape index (κ1) is 8.73. The Morgan fingerprint density at radius 2 is 2.31 bits per heavy atom. The molecule has 0 saturated heterocycles. The highest BCUT2D eigenvalue weighted by Gasteiger charge is 2.30. The van der Waals surface area contributed by atoms with E-state index in [1.54, 1.807) is 19.2 Å². The third-order valence-corrected chi connectivity index (χ3v) is 2.55. The van der Waals surface area contributed by atoms with E-state index in [-0.39, 0.29) is 11.9 Å². The molecule has 1 aromatic carbocycles. The van der Waals surface area contributed by atoms with Crippen molar-refractivity contribution in [2.24, 2.45) is 0 Å². The zero-order chi connectivity index (χ0) is 9.42. The van der Waals surface area contributed by atoms with Gasteiger partial charge in [0.1, 0.15) is 6.10 Å². The summed E-state index contributed by atoms with van der Waals surface area (Å²) in [4.78, 5) is 11.6. The van der Waals surface area contributed by atoms with Crippen LogP contribution in [-0.2, 0) is 11.2 Å². The summed E-state index contributed by atoms with van der Waals surface area (Å²) in [5.74, 6) is 0.0417. The van der Waals surface area contributed by atoms with Crippen LogP contribution in [0.2, 0.25) is 5.02 Å². The zero-order valence-corrected chi connectivity index (χ0v) is 7.97. The van der Waals surface area contributed by atoms with Gasteiger partial charge in [-0.25, -0.2) is 0 Å². The monoisotopic (exact) mass is 196 g/mol. The van der Waals surface area contributed by atoms with Gasteiger partial charge in [-0.05, 0) is 17.7 Å². The molecule has 0 fully saturated rings. The molecule has 0 spiro atoms. The summed E-state index contributed by atoms with van der Waals surface area (Å²) in [7, 11) is 1.55. The van der Waals surface area contributed by atoms with E-state index in [0.29, 0.717) is 17.0 Å². The van der Waals surface area contributed by atoms with Gasteiger partial charge >= 0.3 is 0 Å². The fraction of sp³-hybridized carbons (Fsp3) is 0.300. The van der Waals surface area contributed by atoms with Crippen LogP contribution in [0.15, 0.2) is 18.2 Å². The first-order valence-electron chi connectivity index (χ1n) is 4.08. The van der Waals surface area contributed by atoms with Gasteiger partial charge in [0.25, 0.3) is 0 Å². The number of hydrogen-bond donors (Lipinski definition) is 0. The molecule has 0 radical (unpaired) electrons. The Hall–Kier alpha value is -0.860. The molecule has 68 valence electrons. The van der Waals surface area contributed by atoms with Crippen molar-refractivity contribution in [3.05, 3.63) is 34.3 Å². The molecule has 0 aromatic heterocycles. The molecule has 0 heterocycles. The minimum Gasteiger partial charge on any atom is -0.373 e. The highest BCUT2D eigenvalue weighted by molar-refractivity contribution is 6.31. The van der Waals surface area contributed by atoms with Gasteiger partial charge in [0.05, 0.1) is 0 Å². The number of halogens is 1. The van der Waals surface area contributed by atoms with Crippen molar-refractivity contribution in [1.82, 2.24) is 0 Å². The lowest BCUT2D eigenvalue weighted by molar-refractivity contribution is 0.0646. The second-order valence-electron chi connectivity index (χ2n) is 3.09. The molecule has 0 bridgehead atoms. The molecule has 1 aliphatic rings. The number of ketones is 1. The minimum atomic E-state index is -0.312. The van der Waals surface area contributed by atoms with Crippen LogP contribution in [0.5, 0.6) is 0 Å². The predicted octanol–water partition coefficient (Wildman–Crippen LogP) is 2.09. The van der Waals surface area contributed by atoms with Gasteiger partial charge in [-0.1, -0.05) is 17.7 Å². The van der Waals surface area contributed by atoms with Crippen LogP contribution in [0.3, 0.4) is 0 Å². The summed E-state index contributed by atoms with van der Waals surface area (Å²) in [6, 6.07) is 5.39. The maximum Gasteiger partial charge on any atom is 0.192 e. The van der Waals surface area contributed by atoms with E-state index in [2.05, 4.69) is 0 Å². The third kappa shape index (κ3) is 1.36. The molecule has 0 N–H and O–H groups in total. The van der Waals surface area contributed by atoms with E-state index >= 15 is 0 Å². The lowest BCUT2D eigenvalue weighted by Gasteiger charge is -2.02. The topological polar surface area (TPSA) is 26.3 Å². The van der Waals surface area contributed by atoms with Crippen molar-refractivity contribution in [2.45, 2.75) is 12.5 Å². The fourth-order valence-corrected chi connectivity index (χ4v) is 1.78. The number of hydrogen-bond acceptors (Lipinski definition) is 2. The number of fused-ring (bicyclic) bond motifs is 1. The predicted molar refractivity (Wildman–Crippen MR) is 50.3 cm³/mol. The maximum absolute atomic E-state index is 11.6. The number of Topliss-reactive ketones (excluding diaryl/α,β-unsaturated/α-hetero) is 1. The van der Waals surface area contributed by atoms with Crippen molar-refractivity contribution < 1.29 is 9.53 Å².